The first-order chi connectivity index (χ1) is 9.16. The molecule has 2 rings (SSSR count). The predicted molar refractivity (Wildman–Crippen MR) is 70.8 cm³/mol. The van der Waals surface area contributed by atoms with Gasteiger partial charge in [-0.1, -0.05) is 0 Å². The first-order valence-electron chi connectivity index (χ1n) is 5.99. The van der Waals surface area contributed by atoms with Gasteiger partial charge in [0.2, 0.25) is 0 Å². The highest BCUT2D eigenvalue weighted by atomic mass is 16.3. The summed E-state index contributed by atoms with van der Waals surface area (Å²) >= 11 is 0. The molecule has 0 saturated heterocycles. The molecule has 1 atom stereocenters. The molecule has 2 heterocycles. The fourth-order valence-corrected chi connectivity index (χ4v) is 1.80. The topological polar surface area (TPSA) is 75.1 Å². The van der Waals surface area contributed by atoms with Crippen molar-refractivity contribution in [2.45, 2.75) is 19.4 Å². The number of aromatic hydroxyl groups is 1. The van der Waals surface area contributed by atoms with E-state index in [1.807, 2.05) is 19.1 Å². The van der Waals surface area contributed by atoms with Gasteiger partial charge in [-0.25, -0.2) is 0 Å². The molecule has 0 aliphatic carbocycles. The second-order valence-electron chi connectivity index (χ2n) is 4.33. The van der Waals surface area contributed by atoms with Crippen LogP contribution in [0.4, 0.5) is 0 Å². The molecule has 0 aliphatic rings. The SMILES string of the molecule is C[C@H](Cc1ccncc1)NC(=O)c1ccncc1O. The Bertz CT molecular complexity index is 558. The summed E-state index contributed by atoms with van der Waals surface area (Å²) in [5.74, 6) is -0.419. The minimum atomic E-state index is -0.304. The van der Waals surface area contributed by atoms with Crippen LogP contribution in [0.5, 0.6) is 5.75 Å². The third kappa shape index (κ3) is 3.51. The molecule has 1 amide bonds. The van der Waals surface area contributed by atoms with Gasteiger partial charge in [0.25, 0.3) is 5.91 Å². The van der Waals surface area contributed by atoms with Gasteiger partial charge in [0, 0.05) is 24.6 Å². The molecule has 0 aromatic carbocycles. The summed E-state index contributed by atoms with van der Waals surface area (Å²) in [6.45, 7) is 1.91. The minimum absolute atomic E-state index is 0.0394. The first kappa shape index (κ1) is 13.0. The van der Waals surface area contributed by atoms with Crippen molar-refractivity contribution < 1.29 is 9.90 Å². The van der Waals surface area contributed by atoms with Crippen molar-refractivity contribution in [3.63, 3.8) is 0 Å². The number of amides is 1. The van der Waals surface area contributed by atoms with Crippen molar-refractivity contribution in [3.05, 3.63) is 54.1 Å². The molecule has 0 aliphatic heterocycles. The fourth-order valence-electron chi connectivity index (χ4n) is 1.80. The van der Waals surface area contributed by atoms with Crippen LogP contribution in [0.25, 0.3) is 0 Å². The van der Waals surface area contributed by atoms with E-state index < -0.39 is 0 Å². The number of pyridine rings is 2. The number of carbonyl (C=O) groups excluding carboxylic acids is 1. The maximum Gasteiger partial charge on any atom is 0.255 e. The molecule has 19 heavy (non-hydrogen) atoms. The Labute approximate surface area is 111 Å². The Morgan fingerprint density at radius 3 is 2.63 bits per heavy atom. The van der Waals surface area contributed by atoms with Crippen molar-refractivity contribution in [1.29, 1.82) is 0 Å². The van der Waals surface area contributed by atoms with Gasteiger partial charge in [-0.15, -0.1) is 0 Å². The van der Waals surface area contributed by atoms with E-state index in [1.54, 1.807) is 12.4 Å². The highest BCUT2D eigenvalue weighted by molar-refractivity contribution is 5.96. The number of carbonyl (C=O) groups is 1. The van der Waals surface area contributed by atoms with E-state index in [2.05, 4.69) is 15.3 Å². The number of aromatic nitrogens is 2. The van der Waals surface area contributed by atoms with Gasteiger partial charge >= 0.3 is 0 Å². The summed E-state index contributed by atoms with van der Waals surface area (Å²) in [6, 6.07) is 5.27. The predicted octanol–water partition coefficient (Wildman–Crippen LogP) is 1.54. The maximum atomic E-state index is 12.0. The standard InChI is InChI=1S/C14H15N3O2/c1-10(8-11-2-5-15-6-3-11)17-14(19)12-4-7-16-9-13(12)18/h2-7,9-10,18H,8H2,1H3,(H,17,19)/t10-/m1/s1. The summed E-state index contributed by atoms with van der Waals surface area (Å²) in [6.07, 6.45) is 6.88. The van der Waals surface area contributed by atoms with Gasteiger partial charge in [-0.05, 0) is 37.1 Å². The first-order valence-corrected chi connectivity index (χ1v) is 5.99. The molecule has 0 unspecified atom stereocenters. The Morgan fingerprint density at radius 2 is 1.95 bits per heavy atom. The molecular formula is C14H15N3O2. The summed E-state index contributed by atoms with van der Waals surface area (Å²) in [7, 11) is 0. The maximum absolute atomic E-state index is 12.0. The second-order valence-corrected chi connectivity index (χ2v) is 4.33. The number of hydrogen-bond donors (Lipinski definition) is 2. The lowest BCUT2D eigenvalue weighted by Crippen LogP contribution is -2.34. The molecule has 2 aromatic rings. The van der Waals surface area contributed by atoms with Gasteiger partial charge in [-0.3, -0.25) is 14.8 Å². The van der Waals surface area contributed by atoms with E-state index in [9.17, 15) is 9.90 Å². The van der Waals surface area contributed by atoms with Crippen LogP contribution in [-0.4, -0.2) is 27.0 Å². The van der Waals surface area contributed by atoms with E-state index in [0.717, 1.165) is 5.56 Å². The molecule has 0 radical (unpaired) electrons. The summed E-state index contributed by atoms with van der Waals surface area (Å²) < 4.78 is 0. The summed E-state index contributed by atoms with van der Waals surface area (Å²) in [4.78, 5) is 19.6. The van der Waals surface area contributed by atoms with Crippen LogP contribution in [0.1, 0.15) is 22.8 Å². The van der Waals surface area contributed by atoms with Gasteiger partial charge in [0.15, 0.2) is 0 Å². The van der Waals surface area contributed by atoms with E-state index in [4.69, 9.17) is 0 Å². The Hall–Kier alpha value is -2.43. The highest BCUT2D eigenvalue weighted by Gasteiger charge is 2.13. The molecule has 2 N–H and O–H groups in total. The number of nitrogens with zero attached hydrogens (tertiary/aromatic N) is 2. The van der Waals surface area contributed by atoms with E-state index in [-0.39, 0.29) is 23.3 Å². The lowest BCUT2D eigenvalue weighted by Gasteiger charge is -2.14. The molecule has 5 heteroatoms. The van der Waals surface area contributed by atoms with Crippen molar-refractivity contribution in [2.75, 3.05) is 0 Å². The zero-order chi connectivity index (χ0) is 13.7. The number of rotatable bonds is 4. The number of hydrogen-bond acceptors (Lipinski definition) is 4. The molecule has 0 fully saturated rings. The zero-order valence-corrected chi connectivity index (χ0v) is 10.6. The fraction of sp³-hybridized carbons (Fsp3) is 0.214. The number of nitrogens with one attached hydrogen (secondary N) is 1. The minimum Gasteiger partial charge on any atom is -0.505 e. The van der Waals surface area contributed by atoms with Gasteiger partial charge in [0.05, 0.1) is 11.8 Å². The Balaban J connectivity index is 1.98. The third-order valence-electron chi connectivity index (χ3n) is 2.71. The monoisotopic (exact) mass is 257 g/mol. The van der Waals surface area contributed by atoms with Crippen molar-refractivity contribution in [2.24, 2.45) is 0 Å². The Kier molecular flexibility index (Phi) is 4.07. The van der Waals surface area contributed by atoms with E-state index in [1.165, 1.54) is 18.5 Å². The lowest BCUT2D eigenvalue weighted by atomic mass is 10.1. The summed E-state index contributed by atoms with van der Waals surface area (Å²) in [5, 5.41) is 12.4. The second kappa shape index (κ2) is 5.95. The highest BCUT2D eigenvalue weighted by Crippen LogP contribution is 2.14. The third-order valence-corrected chi connectivity index (χ3v) is 2.71. The van der Waals surface area contributed by atoms with Gasteiger partial charge < -0.3 is 10.4 Å². The molecule has 5 nitrogen and oxygen atoms in total. The van der Waals surface area contributed by atoms with Crippen LogP contribution in [0.15, 0.2) is 43.0 Å². The normalized spacial score (nSPS) is 11.8. The van der Waals surface area contributed by atoms with Gasteiger partial charge in [0.1, 0.15) is 5.75 Å². The van der Waals surface area contributed by atoms with Crippen LogP contribution < -0.4 is 5.32 Å². The molecule has 0 spiro atoms. The van der Waals surface area contributed by atoms with Crippen LogP contribution in [0, 0.1) is 0 Å². The van der Waals surface area contributed by atoms with Crippen LogP contribution in [0.2, 0.25) is 0 Å². The molecule has 0 saturated carbocycles. The molecule has 98 valence electrons. The molecular weight excluding hydrogens is 242 g/mol. The largest absolute Gasteiger partial charge is 0.505 e. The molecule has 0 bridgehead atoms. The van der Waals surface area contributed by atoms with Crippen molar-refractivity contribution >= 4 is 5.91 Å². The van der Waals surface area contributed by atoms with Crippen molar-refractivity contribution in [1.82, 2.24) is 15.3 Å². The average molecular weight is 257 g/mol. The quantitative estimate of drug-likeness (QED) is 0.871. The lowest BCUT2D eigenvalue weighted by molar-refractivity contribution is 0.0937. The van der Waals surface area contributed by atoms with E-state index >= 15 is 0 Å². The zero-order valence-electron chi connectivity index (χ0n) is 10.6. The van der Waals surface area contributed by atoms with Crippen molar-refractivity contribution in [3.8, 4) is 5.75 Å². The smallest absolute Gasteiger partial charge is 0.255 e. The average Bonchev–Trinajstić information content (AvgIpc) is 2.40. The van der Waals surface area contributed by atoms with Crippen LogP contribution >= 0.6 is 0 Å². The summed E-state index contributed by atoms with van der Waals surface area (Å²) in [5.41, 5.74) is 1.33. The molecule has 2 aromatic heterocycles. The van der Waals surface area contributed by atoms with Crippen LogP contribution in [0.3, 0.4) is 0 Å². The Morgan fingerprint density at radius 1 is 1.26 bits per heavy atom. The van der Waals surface area contributed by atoms with E-state index in [0.29, 0.717) is 6.42 Å². The van der Waals surface area contributed by atoms with Gasteiger partial charge in [-0.2, -0.15) is 0 Å². The van der Waals surface area contributed by atoms with Crippen LogP contribution in [-0.2, 0) is 6.42 Å².